The van der Waals surface area contributed by atoms with Gasteiger partial charge in [0.1, 0.15) is 10.7 Å². The van der Waals surface area contributed by atoms with Crippen LogP contribution >= 0.6 is 0 Å². The van der Waals surface area contributed by atoms with E-state index in [9.17, 15) is 12.8 Å². The van der Waals surface area contributed by atoms with E-state index in [1.807, 2.05) is 0 Å². The Bertz CT molecular complexity index is 977. The fourth-order valence-electron chi connectivity index (χ4n) is 2.36. The van der Waals surface area contributed by atoms with Gasteiger partial charge in [-0.3, -0.25) is 14.1 Å². The Labute approximate surface area is 138 Å². The number of halogens is 1. The fraction of sp³-hybridized carbons (Fsp3) is 0.200. The van der Waals surface area contributed by atoms with Crippen molar-refractivity contribution in [2.75, 3.05) is 4.72 Å². The summed E-state index contributed by atoms with van der Waals surface area (Å²) in [4.78, 5) is 0.104. The van der Waals surface area contributed by atoms with E-state index in [1.165, 1.54) is 34.0 Å². The monoisotopic (exact) mass is 349 g/mol. The van der Waals surface area contributed by atoms with Gasteiger partial charge in [-0.25, -0.2) is 12.8 Å². The summed E-state index contributed by atoms with van der Waals surface area (Å²) in [6.07, 6.45) is 4.32. The second-order valence-corrected chi connectivity index (χ2v) is 7.03. The number of rotatable bonds is 5. The van der Waals surface area contributed by atoms with Crippen molar-refractivity contribution in [1.82, 2.24) is 19.6 Å². The Balaban J connectivity index is 1.79. The average Bonchev–Trinajstić information content (AvgIpc) is 3.07. The van der Waals surface area contributed by atoms with E-state index in [4.69, 9.17) is 0 Å². The topological polar surface area (TPSA) is 81.8 Å². The largest absolute Gasteiger partial charge is 0.276 e. The highest BCUT2D eigenvalue weighted by atomic mass is 32.2. The number of nitrogens with zero attached hydrogens (tertiary/aromatic N) is 4. The highest BCUT2D eigenvalue weighted by molar-refractivity contribution is 7.92. The number of hydrogen-bond acceptors (Lipinski definition) is 4. The summed E-state index contributed by atoms with van der Waals surface area (Å²) < 4.78 is 43.8. The minimum Gasteiger partial charge on any atom is -0.276 e. The number of nitrogens with one attached hydrogen (secondary N) is 1. The third-order valence-electron chi connectivity index (χ3n) is 3.43. The fourth-order valence-corrected chi connectivity index (χ4v) is 3.60. The Hall–Kier alpha value is -2.68. The van der Waals surface area contributed by atoms with Crippen LogP contribution in [0.15, 0.2) is 47.8 Å². The van der Waals surface area contributed by atoms with Crippen molar-refractivity contribution < 1.29 is 12.8 Å². The molecule has 0 saturated heterocycles. The Morgan fingerprint density at radius 3 is 2.67 bits per heavy atom. The Morgan fingerprint density at radius 1 is 1.25 bits per heavy atom. The van der Waals surface area contributed by atoms with Crippen molar-refractivity contribution in [3.8, 4) is 0 Å². The molecule has 0 unspecified atom stereocenters. The van der Waals surface area contributed by atoms with Gasteiger partial charge >= 0.3 is 0 Å². The number of sulfonamides is 1. The SMILES string of the molecule is Cc1nn(C)cc1S(=O)(=O)Nc1cnn(Cc2ccccc2F)c1. The summed E-state index contributed by atoms with van der Waals surface area (Å²) in [5, 5.41) is 8.09. The maximum atomic E-state index is 13.7. The number of aryl methyl sites for hydroxylation is 2. The highest BCUT2D eigenvalue weighted by Gasteiger charge is 2.20. The van der Waals surface area contributed by atoms with E-state index < -0.39 is 10.0 Å². The van der Waals surface area contributed by atoms with Crippen LogP contribution in [-0.2, 0) is 23.6 Å². The maximum absolute atomic E-state index is 13.7. The molecule has 2 heterocycles. The molecule has 7 nitrogen and oxygen atoms in total. The Kier molecular flexibility index (Phi) is 4.10. The molecule has 0 bridgehead atoms. The van der Waals surface area contributed by atoms with E-state index in [0.717, 1.165) is 0 Å². The molecule has 2 aromatic heterocycles. The van der Waals surface area contributed by atoms with E-state index in [0.29, 0.717) is 16.9 Å². The molecule has 0 spiro atoms. The van der Waals surface area contributed by atoms with Crippen molar-refractivity contribution in [2.45, 2.75) is 18.4 Å². The molecule has 126 valence electrons. The lowest BCUT2D eigenvalue weighted by Gasteiger charge is -2.04. The zero-order valence-corrected chi connectivity index (χ0v) is 14.0. The van der Waals surface area contributed by atoms with Crippen LogP contribution in [0, 0.1) is 12.7 Å². The van der Waals surface area contributed by atoms with Crippen LogP contribution in [0.25, 0.3) is 0 Å². The third-order valence-corrected chi connectivity index (χ3v) is 4.92. The molecule has 1 N–H and O–H groups in total. The van der Waals surface area contributed by atoms with Gasteiger partial charge in [-0.2, -0.15) is 10.2 Å². The molecule has 9 heteroatoms. The molecule has 0 saturated carbocycles. The smallest absolute Gasteiger partial charge is 0.265 e. The first-order chi connectivity index (χ1) is 11.3. The van der Waals surface area contributed by atoms with Gasteiger partial charge in [-0.15, -0.1) is 0 Å². The Morgan fingerprint density at radius 2 is 2.00 bits per heavy atom. The first-order valence-corrected chi connectivity index (χ1v) is 8.62. The zero-order chi connectivity index (χ0) is 17.3. The highest BCUT2D eigenvalue weighted by Crippen LogP contribution is 2.18. The van der Waals surface area contributed by atoms with Crippen LogP contribution in [0.5, 0.6) is 0 Å². The maximum Gasteiger partial charge on any atom is 0.265 e. The predicted octanol–water partition coefficient (Wildman–Crippen LogP) is 1.91. The summed E-state index contributed by atoms with van der Waals surface area (Å²) >= 11 is 0. The van der Waals surface area contributed by atoms with E-state index >= 15 is 0 Å². The molecular weight excluding hydrogens is 333 g/mol. The summed E-state index contributed by atoms with van der Waals surface area (Å²) in [5.41, 5.74) is 1.18. The standard InChI is InChI=1S/C15H16FN5O2S/c1-11-15(10-20(2)18-11)24(22,23)19-13-7-17-21(9-13)8-12-5-3-4-6-14(12)16/h3-7,9-10,19H,8H2,1-2H3. The lowest BCUT2D eigenvalue weighted by molar-refractivity contribution is 0.585. The molecule has 0 aliphatic heterocycles. The van der Waals surface area contributed by atoms with Gasteiger partial charge in [-0.05, 0) is 13.0 Å². The van der Waals surface area contributed by atoms with Gasteiger partial charge in [0.25, 0.3) is 10.0 Å². The third kappa shape index (κ3) is 3.30. The first kappa shape index (κ1) is 16.2. The normalized spacial score (nSPS) is 11.6. The van der Waals surface area contributed by atoms with Gasteiger partial charge < -0.3 is 0 Å². The quantitative estimate of drug-likeness (QED) is 0.763. The lowest BCUT2D eigenvalue weighted by Crippen LogP contribution is -2.13. The first-order valence-electron chi connectivity index (χ1n) is 7.14. The minimum atomic E-state index is -3.75. The van der Waals surface area contributed by atoms with Gasteiger partial charge in [-0.1, -0.05) is 18.2 Å². The van der Waals surface area contributed by atoms with E-state index in [2.05, 4.69) is 14.9 Å². The molecule has 0 amide bonds. The molecule has 1 aromatic carbocycles. The minimum absolute atomic E-state index is 0.104. The average molecular weight is 349 g/mol. The number of benzene rings is 1. The molecule has 24 heavy (non-hydrogen) atoms. The van der Waals surface area contributed by atoms with Crippen LogP contribution in [0.4, 0.5) is 10.1 Å². The van der Waals surface area contributed by atoms with Gasteiger partial charge in [0, 0.05) is 25.0 Å². The van der Waals surface area contributed by atoms with Crippen molar-refractivity contribution in [3.63, 3.8) is 0 Å². The van der Waals surface area contributed by atoms with Crippen LogP contribution in [0.2, 0.25) is 0 Å². The molecule has 0 radical (unpaired) electrons. The predicted molar refractivity (Wildman–Crippen MR) is 86.5 cm³/mol. The van der Waals surface area contributed by atoms with Crippen molar-refractivity contribution in [1.29, 1.82) is 0 Å². The number of hydrogen-bond donors (Lipinski definition) is 1. The molecule has 3 aromatic rings. The van der Waals surface area contributed by atoms with Gasteiger partial charge in [0.05, 0.1) is 24.1 Å². The second-order valence-electron chi connectivity index (χ2n) is 5.38. The van der Waals surface area contributed by atoms with E-state index in [1.54, 1.807) is 32.2 Å². The zero-order valence-electron chi connectivity index (χ0n) is 13.1. The summed E-state index contributed by atoms with van der Waals surface area (Å²) in [6.45, 7) is 1.83. The lowest BCUT2D eigenvalue weighted by atomic mass is 10.2. The summed E-state index contributed by atoms with van der Waals surface area (Å²) in [5.74, 6) is -0.332. The molecular formula is C15H16FN5O2S. The van der Waals surface area contributed by atoms with E-state index in [-0.39, 0.29) is 17.3 Å². The van der Waals surface area contributed by atoms with Crippen LogP contribution < -0.4 is 4.72 Å². The number of anilines is 1. The van der Waals surface area contributed by atoms with Crippen LogP contribution in [0.1, 0.15) is 11.3 Å². The molecule has 0 aliphatic carbocycles. The molecule has 3 rings (SSSR count). The number of aromatic nitrogens is 4. The molecule has 0 fully saturated rings. The summed E-state index contributed by atoms with van der Waals surface area (Å²) in [7, 11) is -2.10. The van der Waals surface area contributed by atoms with Gasteiger partial charge in [0.2, 0.25) is 0 Å². The second kappa shape index (κ2) is 6.08. The van der Waals surface area contributed by atoms with Gasteiger partial charge in [0.15, 0.2) is 0 Å². The van der Waals surface area contributed by atoms with Crippen LogP contribution in [-0.4, -0.2) is 28.0 Å². The van der Waals surface area contributed by atoms with Crippen molar-refractivity contribution in [3.05, 3.63) is 59.9 Å². The molecule has 0 aliphatic rings. The van der Waals surface area contributed by atoms with Crippen molar-refractivity contribution in [2.24, 2.45) is 7.05 Å². The van der Waals surface area contributed by atoms with Crippen LogP contribution in [0.3, 0.4) is 0 Å². The summed E-state index contributed by atoms with van der Waals surface area (Å²) in [6, 6.07) is 6.36. The van der Waals surface area contributed by atoms with Crippen molar-refractivity contribution >= 4 is 15.7 Å². The molecule has 0 atom stereocenters.